The minimum Gasteiger partial charge on any atom is -0.465 e. The standard InChI is InChI=1S/C22H19F9N2O2/c1-11-5-15-17(3-2-4-33(19(34)35)18(15)9-16(11)22(29,30)31)32-10-12-6-13(20(23,24)25)8-14(7-12)21(26,27)28/h5-9,17,32H,2-4,10H2,1H3,(H,34,35). The van der Waals surface area contributed by atoms with Gasteiger partial charge in [0.15, 0.2) is 0 Å². The fourth-order valence-electron chi connectivity index (χ4n) is 4.04. The van der Waals surface area contributed by atoms with Gasteiger partial charge in [-0.15, -0.1) is 0 Å². The van der Waals surface area contributed by atoms with Crippen molar-refractivity contribution in [2.24, 2.45) is 0 Å². The number of carbonyl (C=O) groups is 1. The minimum absolute atomic E-state index is 0.00277. The van der Waals surface area contributed by atoms with Crippen molar-refractivity contribution in [2.45, 2.75) is 50.9 Å². The lowest BCUT2D eigenvalue weighted by Crippen LogP contribution is -2.30. The first kappa shape index (κ1) is 26.6. The van der Waals surface area contributed by atoms with Crippen LogP contribution >= 0.6 is 0 Å². The highest BCUT2D eigenvalue weighted by atomic mass is 19.4. The Morgan fingerprint density at radius 3 is 2.00 bits per heavy atom. The molecule has 2 N–H and O–H groups in total. The number of nitrogens with zero attached hydrogens (tertiary/aromatic N) is 1. The maximum atomic E-state index is 13.4. The highest BCUT2D eigenvalue weighted by Crippen LogP contribution is 2.41. The van der Waals surface area contributed by atoms with Crippen LogP contribution in [0.15, 0.2) is 30.3 Å². The van der Waals surface area contributed by atoms with E-state index in [1.54, 1.807) is 0 Å². The number of hydrogen-bond acceptors (Lipinski definition) is 2. The third-order valence-electron chi connectivity index (χ3n) is 5.65. The Hall–Kier alpha value is -2.96. The molecule has 2 aromatic rings. The molecule has 0 fully saturated rings. The van der Waals surface area contributed by atoms with Gasteiger partial charge in [0.05, 0.1) is 22.4 Å². The molecule has 1 unspecified atom stereocenters. The quantitative estimate of drug-likeness (QED) is 0.428. The Bertz CT molecular complexity index is 1080. The topological polar surface area (TPSA) is 52.6 Å². The Labute approximate surface area is 193 Å². The van der Waals surface area contributed by atoms with E-state index in [0.29, 0.717) is 18.2 Å². The molecule has 0 saturated carbocycles. The van der Waals surface area contributed by atoms with Crippen molar-refractivity contribution < 1.29 is 49.4 Å². The van der Waals surface area contributed by atoms with Crippen molar-refractivity contribution >= 4 is 11.8 Å². The van der Waals surface area contributed by atoms with Crippen LogP contribution in [0.2, 0.25) is 0 Å². The predicted octanol–water partition coefficient (Wildman–Crippen LogP) is 7.16. The van der Waals surface area contributed by atoms with E-state index in [0.717, 1.165) is 11.0 Å². The van der Waals surface area contributed by atoms with Crippen LogP contribution in [0, 0.1) is 6.92 Å². The Morgan fingerprint density at radius 1 is 0.943 bits per heavy atom. The second kappa shape index (κ2) is 9.25. The average Bonchev–Trinajstić information content (AvgIpc) is 2.88. The molecule has 0 saturated heterocycles. The van der Waals surface area contributed by atoms with Crippen molar-refractivity contribution in [1.82, 2.24) is 5.32 Å². The average molecular weight is 514 g/mol. The van der Waals surface area contributed by atoms with Crippen molar-refractivity contribution in [1.29, 1.82) is 0 Å². The van der Waals surface area contributed by atoms with Crippen molar-refractivity contribution in [2.75, 3.05) is 11.4 Å². The summed E-state index contributed by atoms with van der Waals surface area (Å²) in [6.07, 6.45) is -15.9. The summed E-state index contributed by atoms with van der Waals surface area (Å²) >= 11 is 0. The van der Waals surface area contributed by atoms with E-state index < -0.39 is 53.9 Å². The number of halogens is 9. The molecule has 0 aromatic heterocycles. The third-order valence-corrected chi connectivity index (χ3v) is 5.65. The van der Waals surface area contributed by atoms with Gasteiger partial charge >= 0.3 is 24.6 Å². The molecule has 1 aliphatic heterocycles. The summed E-state index contributed by atoms with van der Waals surface area (Å²) < 4.78 is 119. The van der Waals surface area contributed by atoms with Crippen LogP contribution < -0.4 is 10.2 Å². The summed E-state index contributed by atoms with van der Waals surface area (Å²) in [5.74, 6) is 0. The van der Waals surface area contributed by atoms with Crippen LogP contribution in [0.3, 0.4) is 0 Å². The van der Waals surface area contributed by atoms with E-state index in [4.69, 9.17) is 0 Å². The van der Waals surface area contributed by atoms with Gasteiger partial charge in [0.25, 0.3) is 0 Å². The molecular formula is C22H19F9N2O2. The molecule has 1 amide bonds. The van der Waals surface area contributed by atoms with Crippen LogP contribution in [0.5, 0.6) is 0 Å². The molecule has 4 nitrogen and oxygen atoms in total. The van der Waals surface area contributed by atoms with Crippen molar-refractivity contribution in [3.8, 4) is 0 Å². The number of nitrogens with one attached hydrogen (secondary N) is 1. The molecule has 0 aliphatic carbocycles. The van der Waals surface area contributed by atoms with Gasteiger partial charge in [0.1, 0.15) is 0 Å². The van der Waals surface area contributed by atoms with Gasteiger partial charge in [0.2, 0.25) is 0 Å². The van der Waals surface area contributed by atoms with E-state index >= 15 is 0 Å². The van der Waals surface area contributed by atoms with Crippen molar-refractivity contribution in [3.63, 3.8) is 0 Å². The lowest BCUT2D eigenvalue weighted by molar-refractivity contribution is -0.143. The van der Waals surface area contributed by atoms with Gasteiger partial charge in [-0.2, -0.15) is 39.5 Å². The smallest absolute Gasteiger partial charge is 0.416 e. The van der Waals surface area contributed by atoms with Gasteiger partial charge in [-0.05, 0) is 60.7 Å². The SMILES string of the molecule is Cc1cc2c(cc1C(F)(F)F)N(C(=O)O)CCCC2NCc1cc(C(F)(F)F)cc(C(F)(F)F)c1. The molecule has 0 bridgehead atoms. The van der Waals surface area contributed by atoms with Gasteiger partial charge in [-0.3, -0.25) is 4.90 Å². The molecule has 0 spiro atoms. The molecule has 1 atom stereocenters. The number of anilines is 1. The van der Waals surface area contributed by atoms with E-state index in [2.05, 4.69) is 5.32 Å². The first-order chi connectivity index (χ1) is 16.0. The van der Waals surface area contributed by atoms with E-state index in [-0.39, 0.29) is 47.8 Å². The fraction of sp³-hybridized carbons (Fsp3) is 0.409. The van der Waals surface area contributed by atoms with Crippen LogP contribution in [0.1, 0.15) is 52.3 Å². The number of aryl methyl sites for hydroxylation is 1. The molecule has 1 heterocycles. The molecule has 3 rings (SSSR count). The summed E-state index contributed by atoms with van der Waals surface area (Å²) in [5, 5.41) is 12.3. The summed E-state index contributed by atoms with van der Waals surface area (Å²) in [4.78, 5) is 12.4. The minimum atomic E-state index is -5.03. The summed E-state index contributed by atoms with van der Waals surface area (Å²) in [6.45, 7) is 0.575. The number of hydrogen-bond donors (Lipinski definition) is 2. The molecule has 13 heteroatoms. The van der Waals surface area contributed by atoms with E-state index in [9.17, 15) is 49.4 Å². The fourth-order valence-corrected chi connectivity index (χ4v) is 4.04. The highest BCUT2D eigenvalue weighted by molar-refractivity contribution is 5.88. The van der Waals surface area contributed by atoms with Crippen molar-refractivity contribution in [3.05, 3.63) is 63.7 Å². The molecule has 2 aromatic carbocycles. The second-order valence-corrected chi connectivity index (χ2v) is 8.15. The number of rotatable bonds is 3. The number of benzene rings is 2. The third kappa shape index (κ3) is 6.00. The molecule has 35 heavy (non-hydrogen) atoms. The lowest BCUT2D eigenvalue weighted by atomic mass is 9.95. The van der Waals surface area contributed by atoms with Crippen LogP contribution in [-0.2, 0) is 25.1 Å². The molecular weight excluding hydrogens is 495 g/mol. The maximum Gasteiger partial charge on any atom is 0.416 e. The predicted molar refractivity (Wildman–Crippen MR) is 107 cm³/mol. The van der Waals surface area contributed by atoms with Crippen LogP contribution in [0.4, 0.5) is 50.0 Å². The maximum absolute atomic E-state index is 13.4. The second-order valence-electron chi connectivity index (χ2n) is 8.15. The normalized spacial score (nSPS) is 17.2. The number of carboxylic acid groups (broad SMARTS) is 1. The summed E-state index contributed by atoms with van der Waals surface area (Å²) in [6, 6.07) is 2.13. The zero-order valence-electron chi connectivity index (χ0n) is 18.0. The largest absolute Gasteiger partial charge is 0.465 e. The zero-order chi connectivity index (χ0) is 26.3. The van der Waals surface area contributed by atoms with Gasteiger partial charge in [-0.25, -0.2) is 4.79 Å². The highest BCUT2D eigenvalue weighted by Gasteiger charge is 2.38. The Kier molecular flexibility index (Phi) is 7.04. The van der Waals surface area contributed by atoms with E-state index in [1.807, 2.05) is 0 Å². The van der Waals surface area contributed by atoms with Crippen LogP contribution in [-0.4, -0.2) is 17.7 Å². The Morgan fingerprint density at radius 2 is 1.51 bits per heavy atom. The Balaban J connectivity index is 2.01. The monoisotopic (exact) mass is 514 g/mol. The first-order valence-electron chi connectivity index (χ1n) is 10.2. The van der Waals surface area contributed by atoms with Gasteiger partial charge < -0.3 is 10.4 Å². The van der Waals surface area contributed by atoms with E-state index in [1.165, 1.54) is 6.92 Å². The first-order valence-corrected chi connectivity index (χ1v) is 10.2. The number of fused-ring (bicyclic) bond motifs is 1. The zero-order valence-corrected chi connectivity index (χ0v) is 18.0. The lowest BCUT2D eigenvalue weighted by Gasteiger charge is -2.25. The molecule has 192 valence electrons. The number of amides is 1. The summed E-state index contributed by atoms with van der Waals surface area (Å²) in [5.41, 5.74) is -4.66. The van der Waals surface area contributed by atoms with Gasteiger partial charge in [0, 0.05) is 19.1 Å². The molecule has 1 aliphatic rings. The van der Waals surface area contributed by atoms with Crippen LogP contribution in [0.25, 0.3) is 0 Å². The molecule has 0 radical (unpaired) electrons. The number of alkyl halides is 9. The van der Waals surface area contributed by atoms with Gasteiger partial charge in [-0.1, -0.05) is 6.07 Å². The summed E-state index contributed by atoms with van der Waals surface area (Å²) in [7, 11) is 0.